The molecule has 3 rings (SSSR count). The van der Waals surface area contributed by atoms with Gasteiger partial charge >= 0.3 is 0 Å². The minimum absolute atomic E-state index is 0.163. The third-order valence-electron chi connectivity index (χ3n) is 4.28. The van der Waals surface area contributed by atoms with Crippen LogP contribution in [-0.2, 0) is 11.2 Å². The number of aromatic nitrogens is 1. The summed E-state index contributed by atoms with van der Waals surface area (Å²) in [7, 11) is 0. The summed E-state index contributed by atoms with van der Waals surface area (Å²) >= 11 is 0. The Morgan fingerprint density at radius 2 is 2.21 bits per heavy atom. The summed E-state index contributed by atoms with van der Waals surface area (Å²) in [4.78, 5) is 7.83. The average Bonchev–Trinajstić information content (AvgIpc) is 2.93. The van der Waals surface area contributed by atoms with Crippen LogP contribution in [0.25, 0.3) is 10.9 Å². The molecule has 1 aromatic carbocycles. The Morgan fingerprint density at radius 3 is 2.92 bits per heavy atom. The van der Waals surface area contributed by atoms with Crippen LogP contribution in [-0.4, -0.2) is 43.8 Å². The lowest BCUT2D eigenvalue weighted by molar-refractivity contribution is -0.0945. The Labute approximate surface area is 141 Å². The highest BCUT2D eigenvalue weighted by Gasteiger charge is 2.33. The molecule has 1 aromatic heterocycles. The molecule has 1 aliphatic rings. The molecule has 3 N–H and O–H groups in total. The van der Waals surface area contributed by atoms with E-state index in [1.807, 2.05) is 13.1 Å². The lowest BCUT2D eigenvalue weighted by atomic mass is 9.89. The highest BCUT2D eigenvalue weighted by Crippen LogP contribution is 2.26. The Hall–Kier alpha value is -2.08. The van der Waals surface area contributed by atoms with E-state index in [4.69, 9.17) is 4.74 Å². The van der Waals surface area contributed by atoms with Gasteiger partial charge in [0.2, 0.25) is 0 Å². The van der Waals surface area contributed by atoms with E-state index in [0.29, 0.717) is 0 Å². The minimum atomic E-state index is -0.206. The van der Waals surface area contributed by atoms with Crippen molar-refractivity contribution < 1.29 is 9.13 Å². The first-order valence-electron chi connectivity index (χ1n) is 8.45. The van der Waals surface area contributed by atoms with Crippen LogP contribution in [0.2, 0.25) is 0 Å². The zero-order valence-electron chi connectivity index (χ0n) is 14.3. The SMILES string of the molecule is CCNC(=NCC1(C)COC1)NCCc1c[nH]c2ccc(F)cc12. The molecule has 0 spiro atoms. The second kappa shape index (κ2) is 7.21. The van der Waals surface area contributed by atoms with Gasteiger partial charge in [-0.15, -0.1) is 0 Å². The van der Waals surface area contributed by atoms with Crippen molar-refractivity contribution in [3.63, 3.8) is 0 Å². The van der Waals surface area contributed by atoms with Crippen LogP contribution in [0.15, 0.2) is 29.4 Å². The molecule has 0 amide bonds. The predicted molar refractivity (Wildman–Crippen MR) is 94.9 cm³/mol. The maximum Gasteiger partial charge on any atom is 0.191 e. The largest absolute Gasteiger partial charge is 0.380 e. The summed E-state index contributed by atoms with van der Waals surface area (Å²) < 4.78 is 18.7. The first-order valence-corrected chi connectivity index (χ1v) is 8.45. The molecule has 0 unspecified atom stereocenters. The van der Waals surface area contributed by atoms with E-state index in [0.717, 1.165) is 61.7 Å². The van der Waals surface area contributed by atoms with Crippen LogP contribution >= 0.6 is 0 Å². The number of fused-ring (bicyclic) bond motifs is 1. The number of nitrogens with one attached hydrogen (secondary N) is 3. The van der Waals surface area contributed by atoms with E-state index in [1.165, 1.54) is 6.07 Å². The maximum atomic E-state index is 13.4. The van der Waals surface area contributed by atoms with Crippen molar-refractivity contribution in [3.8, 4) is 0 Å². The van der Waals surface area contributed by atoms with E-state index in [1.54, 1.807) is 12.1 Å². The fourth-order valence-corrected chi connectivity index (χ4v) is 2.83. The van der Waals surface area contributed by atoms with Crippen molar-refractivity contribution in [1.29, 1.82) is 0 Å². The van der Waals surface area contributed by atoms with Gasteiger partial charge in [0.1, 0.15) is 5.82 Å². The van der Waals surface area contributed by atoms with Gasteiger partial charge in [0.25, 0.3) is 0 Å². The zero-order valence-corrected chi connectivity index (χ0v) is 14.3. The Morgan fingerprint density at radius 1 is 1.38 bits per heavy atom. The molecule has 130 valence electrons. The third kappa shape index (κ3) is 3.87. The van der Waals surface area contributed by atoms with Gasteiger partial charge in [0, 0.05) is 35.6 Å². The molecule has 2 aromatic rings. The second-order valence-electron chi connectivity index (χ2n) is 6.68. The number of rotatable bonds is 6. The van der Waals surface area contributed by atoms with Crippen molar-refractivity contribution in [2.24, 2.45) is 10.4 Å². The lowest BCUT2D eigenvalue weighted by Crippen LogP contribution is -2.44. The van der Waals surface area contributed by atoms with E-state index in [9.17, 15) is 4.39 Å². The number of benzene rings is 1. The van der Waals surface area contributed by atoms with E-state index in [-0.39, 0.29) is 11.2 Å². The summed E-state index contributed by atoms with van der Waals surface area (Å²) in [5.41, 5.74) is 2.23. The maximum absolute atomic E-state index is 13.4. The van der Waals surface area contributed by atoms with Crippen LogP contribution in [0, 0.1) is 11.2 Å². The predicted octanol–water partition coefficient (Wildman–Crippen LogP) is 2.44. The molecule has 5 nitrogen and oxygen atoms in total. The first kappa shape index (κ1) is 16.8. The van der Waals surface area contributed by atoms with Crippen LogP contribution in [0.4, 0.5) is 4.39 Å². The number of halogens is 1. The third-order valence-corrected chi connectivity index (χ3v) is 4.28. The molecule has 0 bridgehead atoms. The topological polar surface area (TPSA) is 61.4 Å². The quantitative estimate of drug-likeness (QED) is 0.562. The van der Waals surface area contributed by atoms with Crippen molar-refractivity contribution in [3.05, 3.63) is 35.8 Å². The summed E-state index contributed by atoms with van der Waals surface area (Å²) in [6.07, 6.45) is 2.75. The van der Waals surface area contributed by atoms with Gasteiger partial charge < -0.3 is 20.4 Å². The van der Waals surface area contributed by atoms with E-state index in [2.05, 4.69) is 27.5 Å². The molecule has 1 fully saturated rings. The van der Waals surface area contributed by atoms with Gasteiger partial charge in [-0.2, -0.15) is 0 Å². The number of guanidine groups is 1. The van der Waals surface area contributed by atoms with Crippen LogP contribution < -0.4 is 10.6 Å². The van der Waals surface area contributed by atoms with E-state index < -0.39 is 0 Å². The fraction of sp³-hybridized carbons (Fsp3) is 0.500. The number of H-pyrrole nitrogens is 1. The smallest absolute Gasteiger partial charge is 0.191 e. The second-order valence-corrected chi connectivity index (χ2v) is 6.68. The molecule has 0 atom stereocenters. The number of ether oxygens (including phenoxy) is 1. The first-order chi connectivity index (χ1) is 11.6. The lowest BCUT2D eigenvalue weighted by Gasteiger charge is -2.36. The van der Waals surface area contributed by atoms with Gasteiger partial charge in [-0.3, -0.25) is 4.99 Å². The van der Waals surface area contributed by atoms with Gasteiger partial charge in [-0.1, -0.05) is 6.92 Å². The summed E-state index contributed by atoms with van der Waals surface area (Å²) in [5.74, 6) is 0.610. The summed E-state index contributed by atoms with van der Waals surface area (Å²) in [6.45, 7) is 8.09. The molecule has 0 radical (unpaired) electrons. The zero-order chi connectivity index (χ0) is 17.0. The summed E-state index contributed by atoms with van der Waals surface area (Å²) in [6, 6.07) is 4.83. The molecule has 6 heteroatoms. The molecular formula is C18H25FN4O. The normalized spacial score (nSPS) is 16.9. The fourth-order valence-electron chi connectivity index (χ4n) is 2.83. The monoisotopic (exact) mass is 332 g/mol. The average molecular weight is 332 g/mol. The van der Waals surface area contributed by atoms with Crippen molar-refractivity contribution in [1.82, 2.24) is 15.6 Å². The molecule has 1 aliphatic heterocycles. The highest BCUT2D eigenvalue weighted by molar-refractivity contribution is 5.83. The van der Waals surface area contributed by atoms with Crippen LogP contribution in [0.1, 0.15) is 19.4 Å². The Bertz CT molecular complexity index is 721. The molecule has 0 aliphatic carbocycles. The molecule has 0 saturated carbocycles. The van der Waals surface area contributed by atoms with Crippen molar-refractivity contribution >= 4 is 16.9 Å². The van der Waals surface area contributed by atoms with Gasteiger partial charge in [0.05, 0.1) is 19.8 Å². The number of nitrogens with zero attached hydrogens (tertiary/aromatic N) is 1. The number of hydrogen-bond donors (Lipinski definition) is 3. The van der Waals surface area contributed by atoms with Gasteiger partial charge in [-0.25, -0.2) is 4.39 Å². The number of aliphatic imine (C=N–C) groups is 1. The molecular weight excluding hydrogens is 307 g/mol. The van der Waals surface area contributed by atoms with E-state index >= 15 is 0 Å². The van der Waals surface area contributed by atoms with Crippen molar-refractivity contribution in [2.45, 2.75) is 20.3 Å². The molecule has 24 heavy (non-hydrogen) atoms. The molecule has 2 heterocycles. The van der Waals surface area contributed by atoms with Gasteiger partial charge in [0.15, 0.2) is 5.96 Å². The number of aromatic amines is 1. The Balaban J connectivity index is 1.58. The van der Waals surface area contributed by atoms with Gasteiger partial charge in [-0.05, 0) is 37.1 Å². The van der Waals surface area contributed by atoms with Crippen molar-refractivity contribution in [2.75, 3.05) is 32.8 Å². The van der Waals surface area contributed by atoms with Crippen LogP contribution in [0.3, 0.4) is 0 Å². The molecule has 1 saturated heterocycles. The Kier molecular flexibility index (Phi) is 5.04. The minimum Gasteiger partial charge on any atom is -0.380 e. The number of hydrogen-bond acceptors (Lipinski definition) is 2. The van der Waals surface area contributed by atoms with Crippen LogP contribution in [0.5, 0.6) is 0 Å². The standard InChI is InChI=1S/C18H25FN4O/c1-3-20-17(23-10-18(2)11-24-12-18)21-7-6-13-9-22-16-5-4-14(19)8-15(13)16/h4-5,8-9,22H,3,6-7,10-12H2,1-2H3,(H2,20,21,23). The highest BCUT2D eigenvalue weighted by atomic mass is 19.1. The summed E-state index contributed by atoms with van der Waals surface area (Å²) in [5, 5.41) is 7.55.